The van der Waals surface area contributed by atoms with Crippen LogP contribution in [0, 0.1) is 6.92 Å². The fourth-order valence-corrected chi connectivity index (χ4v) is 2.37. The van der Waals surface area contributed by atoms with Gasteiger partial charge in [0.05, 0.1) is 5.60 Å². The molecule has 0 atom stereocenters. The van der Waals surface area contributed by atoms with Crippen LogP contribution in [0.4, 0.5) is 5.82 Å². The van der Waals surface area contributed by atoms with Gasteiger partial charge in [-0.25, -0.2) is 9.97 Å². The lowest BCUT2D eigenvalue weighted by Gasteiger charge is -2.36. The Kier molecular flexibility index (Phi) is 4.37. The van der Waals surface area contributed by atoms with Crippen molar-refractivity contribution in [1.29, 1.82) is 0 Å². The summed E-state index contributed by atoms with van der Waals surface area (Å²) >= 11 is 0. The van der Waals surface area contributed by atoms with E-state index in [0.29, 0.717) is 6.54 Å². The molecule has 1 aromatic rings. The highest BCUT2D eigenvalue weighted by Gasteiger charge is 2.31. The summed E-state index contributed by atoms with van der Waals surface area (Å²) in [5.41, 5.74) is 0.484. The summed E-state index contributed by atoms with van der Waals surface area (Å²) in [6, 6.07) is 0. The monoisotopic (exact) mass is 264 g/mol. The third kappa shape index (κ3) is 3.64. The van der Waals surface area contributed by atoms with Crippen molar-refractivity contribution < 1.29 is 5.11 Å². The Hall–Kier alpha value is -1.20. The number of aromatic nitrogens is 2. The van der Waals surface area contributed by atoms with Crippen molar-refractivity contribution in [3.05, 3.63) is 17.6 Å². The Morgan fingerprint density at radius 2 is 2.11 bits per heavy atom. The molecule has 0 aromatic carbocycles. The maximum absolute atomic E-state index is 10.6. The van der Waals surface area contributed by atoms with E-state index in [-0.39, 0.29) is 0 Å². The Labute approximate surface area is 115 Å². The molecule has 0 spiro atoms. The van der Waals surface area contributed by atoms with Crippen LogP contribution in [0.5, 0.6) is 0 Å². The summed E-state index contributed by atoms with van der Waals surface area (Å²) in [6.07, 6.45) is 4.37. The van der Waals surface area contributed by atoms with Gasteiger partial charge in [-0.05, 0) is 33.2 Å². The highest BCUT2D eigenvalue weighted by atomic mass is 16.3. The smallest absolute Gasteiger partial charge is 0.132 e. The van der Waals surface area contributed by atoms with Crippen molar-refractivity contribution in [3.63, 3.8) is 0 Å². The standard InChI is InChI=1S/C14H24N4O/c1-4-12-9-15-11(2)17-13(12)16-10-14(19)5-7-18(3)8-6-14/h9,19H,4-8,10H2,1-3H3,(H,15,16,17). The second kappa shape index (κ2) is 5.84. The van der Waals surface area contributed by atoms with Crippen LogP contribution in [0.15, 0.2) is 6.20 Å². The molecule has 1 saturated heterocycles. The van der Waals surface area contributed by atoms with E-state index < -0.39 is 5.60 Å². The Morgan fingerprint density at radius 3 is 2.74 bits per heavy atom. The Morgan fingerprint density at radius 1 is 1.42 bits per heavy atom. The highest BCUT2D eigenvalue weighted by Crippen LogP contribution is 2.22. The summed E-state index contributed by atoms with van der Waals surface area (Å²) in [5, 5.41) is 13.9. The second-order valence-corrected chi connectivity index (χ2v) is 5.53. The molecule has 2 N–H and O–H groups in total. The molecule has 5 heteroatoms. The van der Waals surface area contributed by atoms with Gasteiger partial charge in [0.1, 0.15) is 11.6 Å². The van der Waals surface area contributed by atoms with Gasteiger partial charge < -0.3 is 15.3 Å². The molecule has 0 unspecified atom stereocenters. The number of aryl methyl sites for hydroxylation is 2. The summed E-state index contributed by atoms with van der Waals surface area (Å²) in [6.45, 7) is 6.42. The molecule has 1 aromatic heterocycles. The minimum atomic E-state index is -0.615. The average Bonchev–Trinajstić information content (AvgIpc) is 2.41. The molecule has 1 aliphatic rings. The molecular weight excluding hydrogens is 240 g/mol. The summed E-state index contributed by atoms with van der Waals surface area (Å²) < 4.78 is 0. The summed E-state index contributed by atoms with van der Waals surface area (Å²) in [5.74, 6) is 1.62. The third-order valence-electron chi connectivity index (χ3n) is 3.87. The number of likely N-dealkylation sites (tertiary alicyclic amines) is 1. The number of nitrogens with zero attached hydrogens (tertiary/aromatic N) is 3. The fourth-order valence-electron chi connectivity index (χ4n) is 2.37. The number of hydrogen-bond donors (Lipinski definition) is 2. The van der Waals surface area contributed by atoms with Gasteiger partial charge in [-0.3, -0.25) is 0 Å². The van der Waals surface area contributed by atoms with Crippen LogP contribution in [0.3, 0.4) is 0 Å². The first-order valence-electron chi connectivity index (χ1n) is 7.00. The zero-order chi connectivity index (χ0) is 13.9. The quantitative estimate of drug-likeness (QED) is 0.856. The van der Waals surface area contributed by atoms with Crippen LogP contribution in [-0.2, 0) is 6.42 Å². The third-order valence-corrected chi connectivity index (χ3v) is 3.87. The number of anilines is 1. The first-order chi connectivity index (χ1) is 9.02. The van der Waals surface area contributed by atoms with Crippen LogP contribution >= 0.6 is 0 Å². The predicted octanol–water partition coefficient (Wildman–Crippen LogP) is 1.22. The van der Waals surface area contributed by atoms with Gasteiger partial charge in [0.25, 0.3) is 0 Å². The molecule has 0 radical (unpaired) electrons. The molecule has 0 bridgehead atoms. The Bertz CT molecular complexity index is 427. The molecular formula is C14H24N4O. The first kappa shape index (κ1) is 14.2. The van der Waals surface area contributed by atoms with Gasteiger partial charge in [-0.2, -0.15) is 0 Å². The first-order valence-corrected chi connectivity index (χ1v) is 7.00. The van der Waals surface area contributed by atoms with Gasteiger partial charge in [0, 0.05) is 31.4 Å². The van der Waals surface area contributed by atoms with Gasteiger partial charge in [0.15, 0.2) is 0 Å². The van der Waals surface area contributed by atoms with Crippen molar-refractivity contribution >= 4 is 5.82 Å². The van der Waals surface area contributed by atoms with E-state index in [9.17, 15) is 5.11 Å². The molecule has 2 rings (SSSR count). The van der Waals surface area contributed by atoms with E-state index in [4.69, 9.17) is 0 Å². The normalized spacial score (nSPS) is 19.4. The molecule has 19 heavy (non-hydrogen) atoms. The van der Waals surface area contributed by atoms with Gasteiger partial charge >= 0.3 is 0 Å². The van der Waals surface area contributed by atoms with Crippen LogP contribution in [0.2, 0.25) is 0 Å². The largest absolute Gasteiger partial charge is 0.388 e. The maximum atomic E-state index is 10.6. The van der Waals surface area contributed by atoms with Crippen molar-refractivity contribution in [2.24, 2.45) is 0 Å². The molecule has 106 valence electrons. The van der Waals surface area contributed by atoms with E-state index in [2.05, 4.69) is 34.2 Å². The van der Waals surface area contributed by atoms with Crippen molar-refractivity contribution in [2.45, 2.75) is 38.7 Å². The zero-order valence-corrected chi connectivity index (χ0v) is 12.1. The van der Waals surface area contributed by atoms with Crippen molar-refractivity contribution in [3.8, 4) is 0 Å². The van der Waals surface area contributed by atoms with Gasteiger partial charge in [-0.1, -0.05) is 6.92 Å². The lowest BCUT2D eigenvalue weighted by atomic mass is 9.91. The SMILES string of the molecule is CCc1cnc(C)nc1NCC1(O)CCN(C)CC1. The molecule has 0 amide bonds. The van der Waals surface area contributed by atoms with Gasteiger partial charge in [0.2, 0.25) is 0 Å². The molecule has 2 heterocycles. The number of piperidine rings is 1. The molecule has 5 nitrogen and oxygen atoms in total. The number of nitrogens with one attached hydrogen (secondary N) is 1. The molecule has 1 aliphatic heterocycles. The van der Waals surface area contributed by atoms with Gasteiger partial charge in [-0.15, -0.1) is 0 Å². The minimum Gasteiger partial charge on any atom is -0.388 e. The van der Waals surface area contributed by atoms with E-state index in [0.717, 1.165) is 49.6 Å². The van der Waals surface area contributed by atoms with E-state index in [1.807, 2.05) is 13.1 Å². The number of hydrogen-bond acceptors (Lipinski definition) is 5. The van der Waals surface area contributed by atoms with Crippen LogP contribution in [0.25, 0.3) is 0 Å². The van der Waals surface area contributed by atoms with Crippen molar-refractivity contribution in [1.82, 2.24) is 14.9 Å². The molecule has 1 fully saturated rings. The lowest BCUT2D eigenvalue weighted by Crippen LogP contribution is -2.47. The molecule has 0 aliphatic carbocycles. The highest BCUT2D eigenvalue weighted by molar-refractivity contribution is 5.43. The van der Waals surface area contributed by atoms with Crippen LogP contribution < -0.4 is 5.32 Å². The van der Waals surface area contributed by atoms with E-state index in [1.54, 1.807) is 0 Å². The predicted molar refractivity (Wildman–Crippen MR) is 76.3 cm³/mol. The Balaban J connectivity index is 2.00. The molecule has 0 saturated carbocycles. The number of rotatable bonds is 4. The lowest BCUT2D eigenvalue weighted by molar-refractivity contribution is -0.00410. The fraction of sp³-hybridized carbons (Fsp3) is 0.714. The van der Waals surface area contributed by atoms with E-state index in [1.165, 1.54) is 0 Å². The zero-order valence-electron chi connectivity index (χ0n) is 12.1. The topological polar surface area (TPSA) is 61.3 Å². The van der Waals surface area contributed by atoms with Crippen LogP contribution in [-0.4, -0.2) is 52.3 Å². The van der Waals surface area contributed by atoms with Crippen LogP contribution in [0.1, 0.15) is 31.2 Å². The summed E-state index contributed by atoms with van der Waals surface area (Å²) in [4.78, 5) is 10.9. The van der Waals surface area contributed by atoms with E-state index >= 15 is 0 Å². The second-order valence-electron chi connectivity index (χ2n) is 5.53. The summed E-state index contributed by atoms with van der Waals surface area (Å²) in [7, 11) is 2.09. The number of aliphatic hydroxyl groups is 1. The minimum absolute atomic E-state index is 0.560. The average molecular weight is 264 g/mol. The maximum Gasteiger partial charge on any atom is 0.132 e. The van der Waals surface area contributed by atoms with Crippen molar-refractivity contribution in [2.75, 3.05) is 32.0 Å².